The smallest absolute Gasteiger partial charge is 0.331 e. The van der Waals surface area contributed by atoms with Crippen molar-refractivity contribution in [3.05, 3.63) is 62.7 Å². The topological polar surface area (TPSA) is 89.2 Å². The number of likely N-dealkylation sites (tertiary alicyclic amines) is 1. The van der Waals surface area contributed by atoms with Crippen LogP contribution in [-0.2, 0) is 20.6 Å². The van der Waals surface area contributed by atoms with Crippen LogP contribution in [0.15, 0.2) is 40.2 Å². The molecule has 2 aromatic heterocycles. The third kappa shape index (κ3) is 3.91. The van der Waals surface area contributed by atoms with E-state index in [0.29, 0.717) is 0 Å². The minimum absolute atomic E-state index is 0.0212. The maximum Gasteiger partial charge on any atom is 0.331 e. The van der Waals surface area contributed by atoms with E-state index in [0.717, 1.165) is 42.6 Å². The molecule has 8 nitrogen and oxygen atoms in total. The van der Waals surface area contributed by atoms with Crippen molar-refractivity contribution in [3.8, 4) is 0 Å². The average Bonchev–Trinajstić information content (AvgIpc) is 2.64. The predicted molar refractivity (Wildman–Crippen MR) is 96.9 cm³/mol. The van der Waals surface area contributed by atoms with Gasteiger partial charge in [0.15, 0.2) is 0 Å². The highest BCUT2D eigenvalue weighted by Crippen LogP contribution is 2.13. The molecule has 0 aliphatic carbocycles. The van der Waals surface area contributed by atoms with Crippen LogP contribution in [0.5, 0.6) is 0 Å². The number of rotatable bonds is 4. The molecule has 138 valence electrons. The van der Waals surface area contributed by atoms with Gasteiger partial charge in [-0.15, -0.1) is 0 Å². The number of amides is 1. The number of piperidine rings is 1. The number of pyridine rings is 1. The third-order valence-electron chi connectivity index (χ3n) is 4.73. The van der Waals surface area contributed by atoms with Crippen molar-refractivity contribution >= 4 is 5.91 Å². The molecule has 26 heavy (non-hydrogen) atoms. The summed E-state index contributed by atoms with van der Waals surface area (Å²) in [6.07, 6.45) is 5.43. The highest BCUT2D eigenvalue weighted by molar-refractivity contribution is 5.92. The summed E-state index contributed by atoms with van der Waals surface area (Å²) in [7, 11) is 2.88. The van der Waals surface area contributed by atoms with E-state index >= 15 is 0 Å². The number of hydrogen-bond acceptors (Lipinski definition) is 5. The minimum atomic E-state index is -0.510. The Morgan fingerprint density at radius 3 is 2.85 bits per heavy atom. The Labute approximate surface area is 151 Å². The van der Waals surface area contributed by atoms with E-state index in [9.17, 15) is 14.4 Å². The molecule has 0 saturated carbocycles. The van der Waals surface area contributed by atoms with Crippen LogP contribution >= 0.6 is 0 Å². The predicted octanol–water partition coefficient (Wildman–Crippen LogP) is -0.127. The number of carbonyl (C=O) groups is 1. The summed E-state index contributed by atoms with van der Waals surface area (Å²) in [4.78, 5) is 42.8. The normalized spacial score (nSPS) is 17.8. The zero-order valence-electron chi connectivity index (χ0n) is 15.0. The van der Waals surface area contributed by atoms with E-state index in [2.05, 4.69) is 15.2 Å². The van der Waals surface area contributed by atoms with Crippen LogP contribution in [0.2, 0.25) is 0 Å². The molecule has 0 aromatic carbocycles. The molecule has 2 aromatic rings. The van der Waals surface area contributed by atoms with Crippen molar-refractivity contribution in [2.75, 3.05) is 13.1 Å². The van der Waals surface area contributed by atoms with E-state index in [1.807, 2.05) is 18.3 Å². The van der Waals surface area contributed by atoms with Crippen molar-refractivity contribution < 1.29 is 4.79 Å². The van der Waals surface area contributed by atoms with Crippen molar-refractivity contribution in [2.24, 2.45) is 14.1 Å². The molecule has 1 aliphatic rings. The molecule has 1 N–H and O–H groups in total. The van der Waals surface area contributed by atoms with Gasteiger partial charge >= 0.3 is 5.69 Å². The minimum Gasteiger partial charge on any atom is -0.347 e. The summed E-state index contributed by atoms with van der Waals surface area (Å²) < 4.78 is 2.18. The Hall–Kier alpha value is -2.74. The van der Waals surface area contributed by atoms with Crippen molar-refractivity contribution in [2.45, 2.75) is 25.4 Å². The van der Waals surface area contributed by atoms with Crippen molar-refractivity contribution in [1.29, 1.82) is 0 Å². The second kappa shape index (κ2) is 7.65. The number of carbonyl (C=O) groups excluding carboxylic acids is 1. The van der Waals surface area contributed by atoms with Gasteiger partial charge in [0, 0.05) is 51.7 Å². The summed E-state index contributed by atoms with van der Waals surface area (Å²) in [5.41, 5.74) is 0.223. The Kier molecular flexibility index (Phi) is 5.32. The molecule has 1 amide bonds. The van der Waals surface area contributed by atoms with E-state index in [1.165, 1.54) is 24.7 Å². The van der Waals surface area contributed by atoms with Crippen molar-refractivity contribution in [1.82, 2.24) is 24.3 Å². The lowest BCUT2D eigenvalue weighted by molar-refractivity contribution is 0.0890. The largest absolute Gasteiger partial charge is 0.347 e. The van der Waals surface area contributed by atoms with Crippen molar-refractivity contribution in [3.63, 3.8) is 0 Å². The first-order valence-corrected chi connectivity index (χ1v) is 8.65. The summed E-state index contributed by atoms with van der Waals surface area (Å²) in [6.45, 7) is 2.47. The summed E-state index contributed by atoms with van der Waals surface area (Å²) >= 11 is 0. The maximum atomic E-state index is 12.6. The Bertz CT molecular complexity index is 903. The van der Waals surface area contributed by atoms with Gasteiger partial charge in [0.05, 0.1) is 0 Å². The highest BCUT2D eigenvalue weighted by atomic mass is 16.2. The standard InChI is InChI=1S/C18H23N5O3/c1-21-15(9-16(24)22(2)18(21)26)17(25)20-14-6-4-8-23(12-14)11-13-5-3-7-19-10-13/h3,5,7,9-10,14H,4,6,8,11-12H2,1-2H3,(H,20,25)/t14-/m0/s1. The van der Waals surface area contributed by atoms with E-state index in [1.54, 1.807) is 6.20 Å². The molecule has 0 bridgehead atoms. The molecule has 1 atom stereocenters. The molecule has 1 fully saturated rings. The monoisotopic (exact) mass is 357 g/mol. The van der Waals surface area contributed by atoms with Gasteiger partial charge in [0.1, 0.15) is 5.69 Å². The number of aromatic nitrogens is 3. The van der Waals surface area contributed by atoms with Gasteiger partial charge in [-0.1, -0.05) is 6.07 Å². The van der Waals surface area contributed by atoms with E-state index in [-0.39, 0.29) is 11.7 Å². The first kappa shape index (κ1) is 18.1. The van der Waals surface area contributed by atoms with Crippen LogP contribution < -0.4 is 16.6 Å². The summed E-state index contributed by atoms with van der Waals surface area (Å²) in [5.74, 6) is -0.393. The molecular formula is C18H23N5O3. The second-order valence-corrected chi connectivity index (χ2v) is 6.68. The Morgan fingerprint density at radius 1 is 1.31 bits per heavy atom. The lowest BCUT2D eigenvalue weighted by Gasteiger charge is -2.33. The summed E-state index contributed by atoms with van der Waals surface area (Å²) in [5, 5.41) is 2.96. The van der Waals surface area contributed by atoms with Crippen LogP contribution in [0.3, 0.4) is 0 Å². The molecule has 8 heteroatoms. The van der Waals surface area contributed by atoms with Crippen LogP contribution in [-0.4, -0.2) is 44.1 Å². The number of nitrogens with one attached hydrogen (secondary N) is 1. The fourth-order valence-electron chi connectivity index (χ4n) is 3.28. The maximum absolute atomic E-state index is 12.6. The molecule has 1 saturated heterocycles. The lowest BCUT2D eigenvalue weighted by atomic mass is 10.0. The molecule has 1 aliphatic heterocycles. The Morgan fingerprint density at radius 2 is 2.12 bits per heavy atom. The van der Waals surface area contributed by atoms with Gasteiger partial charge in [0.2, 0.25) is 0 Å². The fourth-order valence-corrected chi connectivity index (χ4v) is 3.28. The van der Waals surface area contributed by atoms with E-state index < -0.39 is 17.2 Å². The first-order valence-electron chi connectivity index (χ1n) is 8.65. The third-order valence-corrected chi connectivity index (χ3v) is 4.73. The zero-order chi connectivity index (χ0) is 18.7. The van der Waals surface area contributed by atoms with Crippen LogP contribution in [0, 0.1) is 0 Å². The van der Waals surface area contributed by atoms with Gasteiger partial charge in [-0.3, -0.25) is 28.6 Å². The highest BCUT2D eigenvalue weighted by Gasteiger charge is 2.23. The van der Waals surface area contributed by atoms with Gasteiger partial charge in [-0.25, -0.2) is 4.79 Å². The molecule has 0 spiro atoms. The molecule has 0 unspecified atom stereocenters. The Balaban J connectivity index is 1.68. The second-order valence-electron chi connectivity index (χ2n) is 6.68. The van der Waals surface area contributed by atoms with E-state index in [4.69, 9.17) is 0 Å². The molecule has 0 radical (unpaired) electrons. The van der Waals surface area contributed by atoms with Gasteiger partial charge < -0.3 is 5.32 Å². The SMILES string of the molecule is Cn1c(C(=O)N[C@H]2CCCN(Cc3cccnc3)C2)cc(=O)n(C)c1=O. The molecule has 3 rings (SSSR count). The number of nitrogens with zero attached hydrogens (tertiary/aromatic N) is 4. The quantitative estimate of drug-likeness (QED) is 0.824. The lowest BCUT2D eigenvalue weighted by Crippen LogP contribution is -2.49. The molecule has 3 heterocycles. The van der Waals surface area contributed by atoms with Gasteiger partial charge in [-0.05, 0) is 31.0 Å². The summed E-state index contributed by atoms with van der Waals surface area (Å²) in [6, 6.07) is 5.12. The van der Waals surface area contributed by atoms with Gasteiger partial charge in [-0.2, -0.15) is 0 Å². The number of hydrogen-bond donors (Lipinski definition) is 1. The van der Waals surface area contributed by atoms with Gasteiger partial charge in [0.25, 0.3) is 11.5 Å². The average molecular weight is 357 g/mol. The van der Waals surface area contributed by atoms with Crippen LogP contribution in [0.4, 0.5) is 0 Å². The van der Waals surface area contributed by atoms with Crippen LogP contribution in [0.25, 0.3) is 0 Å². The molecular weight excluding hydrogens is 334 g/mol. The fraction of sp³-hybridized carbons (Fsp3) is 0.444. The first-order chi connectivity index (χ1) is 12.5. The van der Waals surface area contributed by atoms with Crippen LogP contribution in [0.1, 0.15) is 28.9 Å². The zero-order valence-corrected chi connectivity index (χ0v) is 15.0.